The zero-order valence-corrected chi connectivity index (χ0v) is 20.6. The molecule has 2 aliphatic rings. The normalized spacial score (nSPS) is 21.1. The fourth-order valence-electron chi connectivity index (χ4n) is 4.67. The first-order chi connectivity index (χ1) is 17.3. The van der Waals surface area contributed by atoms with Gasteiger partial charge in [0.1, 0.15) is 11.6 Å². The molecule has 0 radical (unpaired) electrons. The maximum absolute atomic E-state index is 13.2. The molecule has 36 heavy (non-hydrogen) atoms. The number of benzene rings is 2. The van der Waals surface area contributed by atoms with Gasteiger partial charge in [-0.1, -0.05) is 0 Å². The highest BCUT2D eigenvalue weighted by atomic mass is 32.2. The number of sulfonamides is 1. The summed E-state index contributed by atoms with van der Waals surface area (Å²) < 4.78 is 40.9. The van der Waals surface area contributed by atoms with Crippen LogP contribution < -0.4 is 10.6 Å². The molecule has 3 aromatic rings. The maximum atomic E-state index is 13.2. The highest BCUT2D eigenvalue weighted by Gasteiger charge is 2.42. The maximum Gasteiger partial charge on any atom is 0.243 e. The topological polar surface area (TPSA) is 111 Å². The SMILES string of the molecule is O=S(=O)(c1ccc(Nc2nccc(Nc3ccc(F)cc3)n2)cc1)N1CCC(O)(CN2CCCC2)C1. The Morgan fingerprint density at radius 3 is 2.33 bits per heavy atom. The zero-order valence-electron chi connectivity index (χ0n) is 19.8. The van der Waals surface area contributed by atoms with E-state index in [-0.39, 0.29) is 17.3 Å². The van der Waals surface area contributed by atoms with Crippen LogP contribution in [-0.4, -0.2) is 71.0 Å². The van der Waals surface area contributed by atoms with E-state index in [9.17, 15) is 17.9 Å². The van der Waals surface area contributed by atoms with E-state index >= 15 is 0 Å². The number of aliphatic hydroxyl groups is 1. The lowest BCUT2D eigenvalue weighted by molar-refractivity contribution is 0.0232. The van der Waals surface area contributed by atoms with Gasteiger partial charge in [0, 0.05) is 37.2 Å². The van der Waals surface area contributed by atoms with Crippen molar-refractivity contribution in [3.8, 4) is 0 Å². The molecule has 5 rings (SSSR count). The molecule has 1 unspecified atom stereocenters. The first-order valence-corrected chi connectivity index (χ1v) is 13.4. The Morgan fingerprint density at radius 1 is 0.944 bits per heavy atom. The molecule has 3 N–H and O–H groups in total. The van der Waals surface area contributed by atoms with Crippen molar-refractivity contribution in [1.82, 2.24) is 19.2 Å². The number of likely N-dealkylation sites (tertiary alicyclic amines) is 1. The number of aromatic nitrogens is 2. The average molecular weight is 513 g/mol. The van der Waals surface area contributed by atoms with Gasteiger partial charge < -0.3 is 20.6 Å². The minimum atomic E-state index is -3.72. The largest absolute Gasteiger partial charge is 0.387 e. The summed E-state index contributed by atoms with van der Waals surface area (Å²) in [6.07, 6.45) is 4.26. The van der Waals surface area contributed by atoms with Crippen molar-refractivity contribution < 1.29 is 17.9 Å². The third-order valence-corrected chi connectivity index (χ3v) is 8.39. The predicted molar refractivity (Wildman–Crippen MR) is 135 cm³/mol. The van der Waals surface area contributed by atoms with E-state index in [1.807, 2.05) is 0 Å². The number of nitrogens with one attached hydrogen (secondary N) is 2. The van der Waals surface area contributed by atoms with Crippen LogP contribution in [0.3, 0.4) is 0 Å². The van der Waals surface area contributed by atoms with Crippen molar-refractivity contribution in [2.45, 2.75) is 29.8 Å². The van der Waals surface area contributed by atoms with E-state index in [2.05, 4.69) is 25.5 Å². The third-order valence-electron chi connectivity index (χ3n) is 6.53. The van der Waals surface area contributed by atoms with Gasteiger partial charge >= 0.3 is 0 Å². The molecule has 1 aromatic heterocycles. The van der Waals surface area contributed by atoms with E-state index in [1.54, 1.807) is 36.5 Å². The van der Waals surface area contributed by atoms with Crippen LogP contribution in [0.25, 0.3) is 0 Å². The summed E-state index contributed by atoms with van der Waals surface area (Å²) in [5, 5.41) is 17.1. The van der Waals surface area contributed by atoms with Crippen molar-refractivity contribution in [3.63, 3.8) is 0 Å². The molecule has 2 aliphatic heterocycles. The summed E-state index contributed by atoms with van der Waals surface area (Å²) in [4.78, 5) is 11.0. The number of β-amino-alcohol motifs (C(OH)–C–C–N with tert-alkyl or cyclic N) is 1. The van der Waals surface area contributed by atoms with Gasteiger partial charge in [-0.2, -0.15) is 9.29 Å². The lowest BCUT2D eigenvalue weighted by Gasteiger charge is -2.28. The van der Waals surface area contributed by atoms with Crippen LogP contribution in [0.4, 0.5) is 27.5 Å². The first kappa shape index (κ1) is 24.6. The lowest BCUT2D eigenvalue weighted by atomic mass is 10.0. The second-order valence-electron chi connectivity index (χ2n) is 9.34. The van der Waals surface area contributed by atoms with Crippen molar-refractivity contribution in [1.29, 1.82) is 0 Å². The predicted octanol–water partition coefficient (Wildman–Crippen LogP) is 3.32. The molecule has 0 bridgehead atoms. The number of hydrogen-bond acceptors (Lipinski definition) is 8. The molecule has 190 valence electrons. The smallest absolute Gasteiger partial charge is 0.243 e. The molecule has 2 fully saturated rings. The molecule has 2 saturated heterocycles. The van der Waals surface area contributed by atoms with Gasteiger partial charge in [0.15, 0.2) is 0 Å². The molecule has 0 spiro atoms. The fourth-order valence-corrected chi connectivity index (χ4v) is 6.19. The zero-order chi connectivity index (χ0) is 25.2. The molecule has 2 aromatic carbocycles. The summed E-state index contributed by atoms with van der Waals surface area (Å²) in [7, 11) is -3.72. The van der Waals surface area contributed by atoms with Gasteiger partial charge in [-0.15, -0.1) is 0 Å². The molecule has 3 heterocycles. The third kappa shape index (κ3) is 5.65. The number of anilines is 4. The Bertz CT molecular complexity index is 1300. The quantitative estimate of drug-likeness (QED) is 0.422. The summed E-state index contributed by atoms with van der Waals surface area (Å²) in [5.41, 5.74) is 0.299. The number of hydrogen-bond donors (Lipinski definition) is 3. The van der Waals surface area contributed by atoms with Gasteiger partial charge in [-0.3, -0.25) is 0 Å². The summed E-state index contributed by atoms with van der Waals surface area (Å²) in [6.45, 7) is 2.83. The fraction of sp³-hybridized carbons (Fsp3) is 0.360. The standard InChI is InChI=1S/C25H29FN6O3S/c26-19-3-5-20(6-4-19)28-23-11-13-27-24(30-23)29-21-7-9-22(10-8-21)36(34,35)32-16-12-25(33,18-32)17-31-14-1-2-15-31/h3-11,13,33H,1-2,12,14-18H2,(H2,27,28,29,30). The van der Waals surface area contributed by atoms with E-state index < -0.39 is 15.6 Å². The molecular weight excluding hydrogens is 483 g/mol. The summed E-state index contributed by atoms with van der Waals surface area (Å²) >= 11 is 0. The highest BCUT2D eigenvalue weighted by Crippen LogP contribution is 2.29. The minimum absolute atomic E-state index is 0.105. The average Bonchev–Trinajstić information content (AvgIpc) is 3.51. The molecule has 0 saturated carbocycles. The molecule has 9 nitrogen and oxygen atoms in total. The van der Waals surface area contributed by atoms with E-state index in [0.717, 1.165) is 25.9 Å². The van der Waals surface area contributed by atoms with Crippen LogP contribution in [0, 0.1) is 5.82 Å². The van der Waals surface area contributed by atoms with Gasteiger partial charge in [0.2, 0.25) is 16.0 Å². The summed E-state index contributed by atoms with van der Waals surface area (Å²) in [5.74, 6) is 0.525. The Hall–Kier alpha value is -3.12. The van der Waals surface area contributed by atoms with E-state index in [0.29, 0.717) is 42.7 Å². The van der Waals surface area contributed by atoms with Crippen LogP contribution in [-0.2, 0) is 10.0 Å². The van der Waals surface area contributed by atoms with Crippen LogP contribution in [0.1, 0.15) is 19.3 Å². The highest BCUT2D eigenvalue weighted by molar-refractivity contribution is 7.89. The number of nitrogens with zero attached hydrogens (tertiary/aromatic N) is 4. The molecule has 0 amide bonds. The Balaban J connectivity index is 1.22. The van der Waals surface area contributed by atoms with Gasteiger partial charge in [-0.25, -0.2) is 17.8 Å². The van der Waals surface area contributed by atoms with Crippen LogP contribution >= 0.6 is 0 Å². The Kier molecular flexibility index (Phi) is 6.89. The summed E-state index contributed by atoms with van der Waals surface area (Å²) in [6, 6.07) is 14.0. The molecular formula is C25H29FN6O3S. The van der Waals surface area contributed by atoms with Crippen molar-refractivity contribution in [3.05, 3.63) is 66.6 Å². The van der Waals surface area contributed by atoms with Crippen LogP contribution in [0.5, 0.6) is 0 Å². The second kappa shape index (κ2) is 10.1. The second-order valence-corrected chi connectivity index (χ2v) is 11.3. The van der Waals surface area contributed by atoms with E-state index in [4.69, 9.17) is 0 Å². The number of halogens is 1. The van der Waals surface area contributed by atoms with Crippen molar-refractivity contribution in [2.75, 3.05) is 43.4 Å². The number of rotatable bonds is 8. The van der Waals surface area contributed by atoms with E-state index in [1.165, 1.54) is 28.6 Å². The molecule has 11 heteroatoms. The monoisotopic (exact) mass is 512 g/mol. The Labute approximate surface area is 210 Å². The molecule has 0 aliphatic carbocycles. The first-order valence-electron chi connectivity index (χ1n) is 12.0. The van der Waals surface area contributed by atoms with Gasteiger partial charge in [0.25, 0.3) is 0 Å². The van der Waals surface area contributed by atoms with Crippen molar-refractivity contribution in [2.24, 2.45) is 0 Å². The minimum Gasteiger partial charge on any atom is -0.387 e. The van der Waals surface area contributed by atoms with Gasteiger partial charge in [0.05, 0.1) is 10.5 Å². The lowest BCUT2D eigenvalue weighted by Crippen LogP contribution is -2.45. The van der Waals surface area contributed by atoms with Crippen LogP contribution in [0.2, 0.25) is 0 Å². The molecule has 1 atom stereocenters. The van der Waals surface area contributed by atoms with Crippen molar-refractivity contribution >= 4 is 33.2 Å². The Morgan fingerprint density at radius 2 is 1.61 bits per heavy atom. The van der Waals surface area contributed by atoms with Crippen LogP contribution in [0.15, 0.2) is 65.7 Å². The van der Waals surface area contributed by atoms with Gasteiger partial charge in [-0.05, 0) is 86.9 Å².